The van der Waals surface area contributed by atoms with E-state index in [-0.39, 0.29) is 0 Å². The molecule has 0 aliphatic carbocycles. The lowest BCUT2D eigenvalue weighted by atomic mass is 9.81. The second kappa shape index (κ2) is 10.7. The highest BCUT2D eigenvalue weighted by Gasteiger charge is 2.20. The van der Waals surface area contributed by atoms with Gasteiger partial charge in [-0.1, -0.05) is 74.1 Å². The third kappa shape index (κ3) is 10.7. The monoisotopic (exact) mass is 283 g/mol. The molecule has 0 radical (unpaired) electrons. The van der Waals surface area contributed by atoms with E-state index in [1.54, 1.807) is 0 Å². The number of hydrogen-bond acceptors (Lipinski definition) is 1. The second-order valence-electron chi connectivity index (χ2n) is 8.01. The van der Waals surface area contributed by atoms with Crippen LogP contribution in [0.15, 0.2) is 0 Å². The van der Waals surface area contributed by atoms with E-state index >= 15 is 0 Å². The Morgan fingerprint density at radius 3 is 2.10 bits per heavy atom. The molecule has 0 aliphatic heterocycles. The molecule has 0 fully saturated rings. The Morgan fingerprint density at radius 2 is 1.65 bits per heavy atom. The van der Waals surface area contributed by atoms with E-state index in [2.05, 4.69) is 53.8 Å². The Balaban J connectivity index is 4.32. The molecule has 0 amide bonds. The number of hydrogen-bond donors (Lipinski definition) is 1. The normalized spacial score (nSPS) is 16.9. The Bertz CT molecular complexity index is 216. The summed E-state index contributed by atoms with van der Waals surface area (Å²) in [7, 11) is 0. The van der Waals surface area contributed by atoms with Crippen molar-refractivity contribution in [3.8, 4) is 0 Å². The quantitative estimate of drug-likeness (QED) is 0.488. The standard InChI is InChI=1S/C19H41N/c1-8-11-12-17(9-2)14-18(20-10-3)13-16(4)15-19(5,6)7/h16-18,20H,8-15H2,1-7H3. The largest absolute Gasteiger partial charge is 0.314 e. The molecule has 20 heavy (non-hydrogen) atoms. The maximum absolute atomic E-state index is 3.74. The van der Waals surface area contributed by atoms with E-state index < -0.39 is 0 Å². The van der Waals surface area contributed by atoms with E-state index in [0.29, 0.717) is 5.41 Å². The number of nitrogens with one attached hydrogen (secondary N) is 1. The fraction of sp³-hybridized carbons (Fsp3) is 1.00. The van der Waals surface area contributed by atoms with Crippen molar-refractivity contribution in [1.29, 1.82) is 0 Å². The molecule has 0 saturated heterocycles. The maximum atomic E-state index is 3.74. The average molecular weight is 284 g/mol. The molecular weight excluding hydrogens is 242 g/mol. The predicted molar refractivity (Wildman–Crippen MR) is 93.2 cm³/mol. The van der Waals surface area contributed by atoms with Crippen LogP contribution in [-0.2, 0) is 0 Å². The Kier molecular flexibility index (Phi) is 10.6. The van der Waals surface area contributed by atoms with E-state index in [1.165, 1.54) is 44.9 Å². The molecule has 3 unspecified atom stereocenters. The molecule has 122 valence electrons. The van der Waals surface area contributed by atoms with E-state index in [9.17, 15) is 0 Å². The molecule has 0 aromatic rings. The zero-order valence-corrected chi connectivity index (χ0v) is 15.4. The van der Waals surface area contributed by atoms with Crippen LogP contribution in [0.3, 0.4) is 0 Å². The summed E-state index contributed by atoms with van der Waals surface area (Å²) < 4.78 is 0. The lowest BCUT2D eigenvalue weighted by molar-refractivity contribution is 0.254. The molecule has 1 nitrogen and oxygen atoms in total. The molecular formula is C19H41N. The Hall–Kier alpha value is -0.0400. The van der Waals surface area contributed by atoms with Crippen LogP contribution >= 0.6 is 0 Å². The van der Waals surface area contributed by atoms with E-state index in [4.69, 9.17) is 0 Å². The smallest absolute Gasteiger partial charge is 0.00721 e. The minimum atomic E-state index is 0.461. The molecule has 0 rings (SSSR count). The van der Waals surface area contributed by atoms with Crippen molar-refractivity contribution >= 4 is 0 Å². The lowest BCUT2D eigenvalue weighted by Crippen LogP contribution is -2.33. The Morgan fingerprint density at radius 1 is 1.00 bits per heavy atom. The molecule has 1 N–H and O–H groups in total. The van der Waals surface area contributed by atoms with Crippen LogP contribution in [0.5, 0.6) is 0 Å². The fourth-order valence-corrected chi connectivity index (χ4v) is 3.55. The molecule has 3 atom stereocenters. The zero-order chi connectivity index (χ0) is 15.6. The average Bonchev–Trinajstić information content (AvgIpc) is 2.32. The van der Waals surface area contributed by atoms with Gasteiger partial charge in [-0.05, 0) is 43.1 Å². The lowest BCUT2D eigenvalue weighted by Gasteiger charge is -2.29. The first-order valence-electron chi connectivity index (χ1n) is 9.05. The molecule has 0 heterocycles. The van der Waals surface area contributed by atoms with Gasteiger partial charge in [0, 0.05) is 6.04 Å². The van der Waals surface area contributed by atoms with Crippen molar-refractivity contribution in [1.82, 2.24) is 5.32 Å². The van der Waals surface area contributed by atoms with E-state index in [1.807, 2.05) is 0 Å². The summed E-state index contributed by atoms with van der Waals surface area (Å²) in [4.78, 5) is 0. The molecule has 0 spiro atoms. The Labute approximate surface area is 129 Å². The number of rotatable bonds is 11. The van der Waals surface area contributed by atoms with Gasteiger partial charge < -0.3 is 5.32 Å². The third-order valence-corrected chi connectivity index (χ3v) is 4.30. The van der Waals surface area contributed by atoms with Gasteiger partial charge in [0.25, 0.3) is 0 Å². The summed E-state index contributed by atoms with van der Waals surface area (Å²) >= 11 is 0. The first-order valence-corrected chi connectivity index (χ1v) is 9.05. The molecule has 0 saturated carbocycles. The molecule has 1 heteroatoms. The highest BCUT2D eigenvalue weighted by Crippen LogP contribution is 2.28. The maximum Gasteiger partial charge on any atom is 0.00721 e. The first-order chi connectivity index (χ1) is 9.32. The summed E-state index contributed by atoms with van der Waals surface area (Å²) in [6.45, 7) is 17.5. The second-order valence-corrected chi connectivity index (χ2v) is 8.01. The topological polar surface area (TPSA) is 12.0 Å². The van der Waals surface area contributed by atoms with Gasteiger partial charge in [0.2, 0.25) is 0 Å². The summed E-state index contributed by atoms with van der Waals surface area (Å²) in [6.07, 6.45) is 9.54. The van der Waals surface area contributed by atoms with Crippen LogP contribution < -0.4 is 5.32 Å². The number of unbranched alkanes of at least 4 members (excludes halogenated alkanes) is 1. The van der Waals surface area contributed by atoms with Crippen molar-refractivity contribution in [3.63, 3.8) is 0 Å². The van der Waals surface area contributed by atoms with Crippen molar-refractivity contribution < 1.29 is 0 Å². The van der Waals surface area contributed by atoms with Gasteiger partial charge in [-0.2, -0.15) is 0 Å². The minimum absolute atomic E-state index is 0.461. The van der Waals surface area contributed by atoms with Gasteiger partial charge in [-0.25, -0.2) is 0 Å². The van der Waals surface area contributed by atoms with Gasteiger partial charge in [0.1, 0.15) is 0 Å². The summed E-state index contributed by atoms with van der Waals surface area (Å²) in [6, 6.07) is 0.721. The third-order valence-electron chi connectivity index (χ3n) is 4.30. The van der Waals surface area contributed by atoms with Gasteiger partial charge >= 0.3 is 0 Å². The zero-order valence-electron chi connectivity index (χ0n) is 15.4. The predicted octanol–water partition coefficient (Wildman–Crippen LogP) is 6.03. The molecule has 0 aromatic heterocycles. The van der Waals surface area contributed by atoms with Crippen LogP contribution in [0, 0.1) is 17.3 Å². The van der Waals surface area contributed by atoms with Gasteiger partial charge in [-0.15, -0.1) is 0 Å². The van der Waals surface area contributed by atoms with Crippen molar-refractivity contribution in [2.75, 3.05) is 6.54 Å². The van der Waals surface area contributed by atoms with Crippen LogP contribution in [0.2, 0.25) is 0 Å². The van der Waals surface area contributed by atoms with Gasteiger partial charge in [-0.3, -0.25) is 0 Å². The van der Waals surface area contributed by atoms with Crippen LogP contribution in [0.4, 0.5) is 0 Å². The van der Waals surface area contributed by atoms with Crippen LogP contribution in [-0.4, -0.2) is 12.6 Å². The van der Waals surface area contributed by atoms with E-state index in [0.717, 1.165) is 24.4 Å². The molecule has 0 aliphatic rings. The first kappa shape index (κ1) is 20.0. The van der Waals surface area contributed by atoms with Gasteiger partial charge in [0.05, 0.1) is 0 Å². The highest BCUT2D eigenvalue weighted by atomic mass is 14.9. The summed E-state index contributed by atoms with van der Waals surface area (Å²) in [5.74, 6) is 1.74. The minimum Gasteiger partial charge on any atom is -0.314 e. The van der Waals surface area contributed by atoms with Gasteiger partial charge in [0.15, 0.2) is 0 Å². The summed E-state index contributed by atoms with van der Waals surface area (Å²) in [5.41, 5.74) is 0.461. The fourth-order valence-electron chi connectivity index (χ4n) is 3.55. The van der Waals surface area contributed by atoms with Crippen molar-refractivity contribution in [2.45, 2.75) is 99.5 Å². The molecule has 0 aromatic carbocycles. The van der Waals surface area contributed by atoms with Crippen molar-refractivity contribution in [2.24, 2.45) is 17.3 Å². The highest BCUT2D eigenvalue weighted by molar-refractivity contribution is 4.76. The van der Waals surface area contributed by atoms with Crippen LogP contribution in [0.1, 0.15) is 93.4 Å². The van der Waals surface area contributed by atoms with Crippen molar-refractivity contribution in [3.05, 3.63) is 0 Å². The summed E-state index contributed by atoms with van der Waals surface area (Å²) in [5, 5.41) is 3.74. The SMILES string of the molecule is CCCCC(CC)CC(CC(C)CC(C)(C)C)NCC. The van der Waals surface area contributed by atoms with Crippen LogP contribution in [0.25, 0.3) is 0 Å². The molecule has 0 bridgehead atoms.